The van der Waals surface area contributed by atoms with E-state index < -0.39 is 0 Å². The highest BCUT2D eigenvalue weighted by Gasteiger charge is 2.02. The van der Waals surface area contributed by atoms with Gasteiger partial charge in [0.15, 0.2) is 0 Å². The van der Waals surface area contributed by atoms with E-state index in [4.69, 9.17) is 28.9 Å². The Morgan fingerprint density at radius 1 is 1.43 bits per heavy atom. The predicted octanol–water partition coefficient (Wildman–Crippen LogP) is 3.75. The normalized spacial score (nSPS) is 11.9. The zero-order chi connectivity index (χ0) is 10.6. The van der Waals surface area contributed by atoms with Crippen molar-refractivity contribution in [3.8, 4) is 0 Å². The largest absolute Gasteiger partial charge is 0.327 e. The van der Waals surface area contributed by atoms with Gasteiger partial charge < -0.3 is 5.73 Å². The zero-order valence-electron chi connectivity index (χ0n) is 8.06. The van der Waals surface area contributed by atoms with Gasteiger partial charge in [-0.05, 0) is 18.1 Å². The summed E-state index contributed by atoms with van der Waals surface area (Å²) in [7, 11) is 0. The van der Waals surface area contributed by atoms with Crippen LogP contribution in [0.15, 0.2) is 23.8 Å². The Labute approximate surface area is 94.5 Å². The molecule has 0 amide bonds. The first-order chi connectivity index (χ1) is 6.69. The fraction of sp³-hybridized carbons (Fsp3) is 0.273. The van der Waals surface area contributed by atoms with E-state index in [1.807, 2.05) is 18.2 Å². The molecule has 0 aliphatic rings. The molecule has 1 aromatic rings. The summed E-state index contributed by atoms with van der Waals surface area (Å²) >= 11 is 11.9. The number of nitrogens with two attached hydrogens (primary N) is 1. The van der Waals surface area contributed by atoms with E-state index in [1.165, 1.54) is 0 Å². The summed E-state index contributed by atoms with van der Waals surface area (Å²) in [5.41, 5.74) is 7.67. The van der Waals surface area contributed by atoms with Crippen molar-refractivity contribution < 1.29 is 0 Å². The average molecular weight is 230 g/mol. The SMILES string of the molecule is CC/C(=C/c1cccc(Cl)c1Cl)CN. The molecule has 0 saturated heterocycles. The maximum absolute atomic E-state index is 6.03. The molecule has 0 unspecified atom stereocenters. The van der Waals surface area contributed by atoms with Crippen molar-refractivity contribution in [1.82, 2.24) is 0 Å². The van der Waals surface area contributed by atoms with Crippen LogP contribution in [0.3, 0.4) is 0 Å². The minimum atomic E-state index is 0.555. The highest BCUT2D eigenvalue weighted by Crippen LogP contribution is 2.27. The van der Waals surface area contributed by atoms with Gasteiger partial charge in [-0.15, -0.1) is 0 Å². The molecule has 1 nitrogen and oxygen atoms in total. The Hall–Kier alpha value is -0.500. The standard InChI is InChI=1S/C11H13Cl2N/c1-2-8(7-14)6-9-4-3-5-10(12)11(9)13/h3-6H,2,7,14H2,1H3/b8-6-. The van der Waals surface area contributed by atoms with E-state index in [0.29, 0.717) is 16.6 Å². The zero-order valence-corrected chi connectivity index (χ0v) is 9.57. The number of benzene rings is 1. The third-order valence-electron chi connectivity index (χ3n) is 2.06. The average Bonchev–Trinajstić information content (AvgIpc) is 2.20. The maximum atomic E-state index is 6.03. The lowest BCUT2D eigenvalue weighted by molar-refractivity contribution is 1.02. The lowest BCUT2D eigenvalue weighted by Gasteiger charge is -2.03. The summed E-state index contributed by atoms with van der Waals surface area (Å²) in [4.78, 5) is 0. The first-order valence-electron chi connectivity index (χ1n) is 4.52. The molecule has 3 heteroatoms. The van der Waals surface area contributed by atoms with Gasteiger partial charge in [-0.3, -0.25) is 0 Å². The first-order valence-corrected chi connectivity index (χ1v) is 5.28. The van der Waals surface area contributed by atoms with Gasteiger partial charge in [-0.2, -0.15) is 0 Å². The second-order valence-electron chi connectivity index (χ2n) is 3.00. The van der Waals surface area contributed by atoms with E-state index in [1.54, 1.807) is 6.07 Å². The molecule has 14 heavy (non-hydrogen) atoms. The summed E-state index contributed by atoms with van der Waals surface area (Å²) in [6.45, 7) is 2.62. The van der Waals surface area contributed by atoms with E-state index in [-0.39, 0.29) is 0 Å². The van der Waals surface area contributed by atoms with Gasteiger partial charge in [0.05, 0.1) is 10.0 Å². The molecule has 1 aromatic carbocycles. The van der Waals surface area contributed by atoms with E-state index >= 15 is 0 Å². The quantitative estimate of drug-likeness (QED) is 0.840. The van der Waals surface area contributed by atoms with Crippen molar-refractivity contribution >= 4 is 29.3 Å². The fourth-order valence-electron chi connectivity index (χ4n) is 1.16. The molecule has 0 atom stereocenters. The Bertz CT molecular complexity index is 339. The van der Waals surface area contributed by atoms with Crippen molar-refractivity contribution in [1.29, 1.82) is 0 Å². The van der Waals surface area contributed by atoms with E-state index in [9.17, 15) is 0 Å². The van der Waals surface area contributed by atoms with Crippen molar-refractivity contribution in [2.45, 2.75) is 13.3 Å². The Morgan fingerprint density at radius 3 is 2.71 bits per heavy atom. The van der Waals surface area contributed by atoms with Crippen LogP contribution in [0.4, 0.5) is 0 Å². The molecule has 0 heterocycles. The van der Waals surface area contributed by atoms with Crippen LogP contribution in [0, 0.1) is 0 Å². The summed E-state index contributed by atoms with van der Waals surface area (Å²) in [5.74, 6) is 0. The van der Waals surface area contributed by atoms with Crippen LogP contribution < -0.4 is 5.73 Å². The van der Waals surface area contributed by atoms with Gasteiger partial charge in [0.25, 0.3) is 0 Å². The number of halogens is 2. The topological polar surface area (TPSA) is 26.0 Å². The van der Waals surface area contributed by atoms with E-state index in [2.05, 4.69) is 6.92 Å². The van der Waals surface area contributed by atoms with Crippen LogP contribution in [0.1, 0.15) is 18.9 Å². The monoisotopic (exact) mass is 229 g/mol. The molecule has 0 radical (unpaired) electrons. The minimum absolute atomic E-state index is 0.555. The summed E-state index contributed by atoms with van der Waals surface area (Å²) in [5, 5.41) is 1.17. The fourth-order valence-corrected chi connectivity index (χ4v) is 1.52. The van der Waals surface area contributed by atoms with Gasteiger partial charge in [0.2, 0.25) is 0 Å². The lowest BCUT2D eigenvalue weighted by atomic mass is 10.1. The summed E-state index contributed by atoms with van der Waals surface area (Å²) in [6.07, 6.45) is 2.92. The maximum Gasteiger partial charge on any atom is 0.0664 e. The van der Waals surface area contributed by atoms with Crippen LogP contribution in [-0.4, -0.2) is 6.54 Å². The molecule has 1 rings (SSSR count). The molecule has 0 fully saturated rings. The van der Waals surface area contributed by atoms with Crippen molar-refractivity contribution in [2.75, 3.05) is 6.54 Å². The Morgan fingerprint density at radius 2 is 2.14 bits per heavy atom. The van der Waals surface area contributed by atoms with Crippen LogP contribution >= 0.6 is 23.2 Å². The van der Waals surface area contributed by atoms with Crippen molar-refractivity contribution in [2.24, 2.45) is 5.73 Å². The van der Waals surface area contributed by atoms with Gasteiger partial charge in [0, 0.05) is 6.54 Å². The molecule has 2 N–H and O–H groups in total. The molecule has 0 aliphatic carbocycles. The van der Waals surface area contributed by atoms with Crippen LogP contribution in [-0.2, 0) is 0 Å². The highest BCUT2D eigenvalue weighted by atomic mass is 35.5. The second-order valence-corrected chi connectivity index (χ2v) is 3.79. The van der Waals surface area contributed by atoms with E-state index in [0.717, 1.165) is 17.6 Å². The Balaban J connectivity index is 3.07. The van der Waals surface area contributed by atoms with Crippen molar-refractivity contribution in [3.05, 3.63) is 39.4 Å². The second kappa shape index (κ2) is 5.40. The molecule has 0 spiro atoms. The third kappa shape index (κ3) is 2.74. The lowest BCUT2D eigenvalue weighted by Crippen LogP contribution is -2.01. The predicted molar refractivity (Wildman–Crippen MR) is 63.8 cm³/mol. The van der Waals surface area contributed by atoms with Crippen LogP contribution in [0.25, 0.3) is 6.08 Å². The molecule has 0 bridgehead atoms. The highest BCUT2D eigenvalue weighted by molar-refractivity contribution is 6.42. The Kier molecular flexibility index (Phi) is 4.46. The third-order valence-corrected chi connectivity index (χ3v) is 2.89. The van der Waals surface area contributed by atoms with Crippen LogP contribution in [0.2, 0.25) is 10.0 Å². The van der Waals surface area contributed by atoms with Gasteiger partial charge in [0.1, 0.15) is 0 Å². The summed E-state index contributed by atoms with van der Waals surface area (Å²) in [6, 6.07) is 5.58. The smallest absolute Gasteiger partial charge is 0.0664 e. The first kappa shape index (κ1) is 11.6. The van der Waals surface area contributed by atoms with Gasteiger partial charge in [-0.1, -0.05) is 53.9 Å². The molecule has 76 valence electrons. The summed E-state index contributed by atoms with van der Waals surface area (Å²) < 4.78 is 0. The molecular weight excluding hydrogens is 217 g/mol. The molecule has 0 saturated carbocycles. The number of hydrogen-bond donors (Lipinski definition) is 1. The molecule has 0 aromatic heterocycles. The molecular formula is C11H13Cl2N. The van der Waals surface area contributed by atoms with Gasteiger partial charge in [-0.25, -0.2) is 0 Å². The van der Waals surface area contributed by atoms with Crippen LogP contribution in [0.5, 0.6) is 0 Å². The van der Waals surface area contributed by atoms with Gasteiger partial charge >= 0.3 is 0 Å². The molecule has 0 aliphatic heterocycles. The number of hydrogen-bond acceptors (Lipinski definition) is 1. The van der Waals surface area contributed by atoms with Crippen molar-refractivity contribution in [3.63, 3.8) is 0 Å². The minimum Gasteiger partial charge on any atom is -0.327 e. The number of rotatable bonds is 3.